The van der Waals surface area contributed by atoms with Gasteiger partial charge in [0.1, 0.15) is 0 Å². The van der Waals surface area contributed by atoms with Gasteiger partial charge < -0.3 is 4.90 Å². The van der Waals surface area contributed by atoms with E-state index in [2.05, 4.69) is 76.7 Å². The molecule has 4 rings (SSSR count). The third-order valence-corrected chi connectivity index (χ3v) is 10.3. The van der Waals surface area contributed by atoms with Gasteiger partial charge in [0, 0.05) is 25.3 Å². The monoisotopic (exact) mass is 625 g/mol. The third-order valence-electron chi connectivity index (χ3n) is 6.79. The fourth-order valence-corrected chi connectivity index (χ4v) is 9.39. The minimum absolute atomic E-state index is 0.0867. The fraction of sp³-hybridized carbons (Fsp3) is 0.538. The van der Waals surface area contributed by atoms with Crippen LogP contribution in [0.15, 0.2) is 48.5 Å². The molecule has 2 aliphatic carbocycles. The Morgan fingerprint density at radius 1 is 0.700 bits per heavy atom. The summed E-state index contributed by atoms with van der Waals surface area (Å²) in [5.74, 6) is 0. The van der Waals surface area contributed by atoms with Crippen molar-refractivity contribution in [1.29, 1.82) is 0 Å². The first kappa shape index (κ1) is 24.3. The molecule has 1 nitrogen and oxygen atoms in total. The van der Waals surface area contributed by atoms with Gasteiger partial charge in [-0.2, -0.15) is 0 Å². The van der Waals surface area contributed by atoms with Gasteiger partial charge in [0.15, 0.2) is 0 Å². The van der Waals surface area contributed by atoms with Crippen molar-refractivity contribution in [2.24, 2.45) is 0 Å². The molecule has 0 saturated heterocycles. The van der Waals surface area contributed by atoms with Gasteiger partial charge in [0.2, 0.25) is 0 Å². The number of hydrogen-bond acceptors (Lipinski definition) is 1. The molecular weight excluding hydrogens is 590 g/mol. The number of halogens is 1. The van der Waals surface area contributed by atoms with Gasteiger partial charge in [-0.15, -0.1) is 0 Å². The van der Waals surface area contributed by atoms with E-state index < -0.39 is 0 Å². The number of benzene rings is 2. The summed E-state index contributed by atoms with van der Waals surface area (Å²) in [7, 11) is 8.84. The van der Waals surface area contributed by atoms with Gasteiger partial charge >= 0.3 is 29.2 Å². The second-order valence-corrected chi connectivity index (χ2v) is 11.7. The second kappa shape index (κ2) is 12.7. The van der Waals surface area contributed by atoms with E-state index in [1.807, 2.05) is 0 Å². The summed E-state index contributed by atoms with van der Waals surface area (Å²) in [4.78, 5) is 2.27. The Bertz CT molecular complexity index is 751. The van der Waals surface area contributed by atoms with Crippen molar-refractivity contribution in [3.8, 4) is 11.1 Å². The molecule has 168 valence electrons. The van der Waals surface area contributed by atoms with Crippen LogP contribution in [0.1, 0.15) is 64.2 Å². The van der Waals surface area contributed by atoms with E-state index in [1.54, 1.807) is 25.3 Å². The predicted octanol–water partition coefficient (Wildman–Crippen LogP) is 7.88. The number of nitrogens with zero attached hydrogens (tertiary/aromatic N) is 1. The molecule has 0 radical (unpaired) electrons. The Kier molecular flexibility index (Phi) is 10.3. The molecule has 4 heteroatoms. The molecule has 0 atom stereocenters. The van der Waals surface area contributed by atoms with Crippen molar-refractivity contribution in [2.45, 2.75) is 75.5 Å². The maximum absolute atomic E-state index is 4.58. The number of rotatable bonds is 5. The first-order valence-corrected chi connectivity index (χ1v) is 15.7. The zero-order valence-electron chi connectivity index (χ0n) is 18.4. The third kappa shape index (κ3) is 5.93. The Morgan fingerprint density at radius 3 is 1.70 bits per heavy atom. The van der Waals surface area contributed by atoms with Crippen LogP contribution in [-0.2, 0) is 20.0 Å². The van der Waals surface area contributed by atoms with Crippen molar-refractivity contribution >= 4 is 28.1 Å². The molecule has 0 spiro atoms. The minimum atomic E-state index is -0.0867. The van der Waals surface area contributed by atoms with E-state index in [9.17, 15) is 0 Å². The molecule has 2 aromatic rings. The normalized spacial score (nSPS) is 18.1. The first-order chi connectivity index (χ1) is 14.8. The van der Waals surface area contributed by atoms with E-state index in [1.165, 1.54) is 81.0 Å². The molecule has 30 heavy (non-hydrogen) atoms. The van der Waals surface area contributed by atoms with E-state index in [-0.39, 0.29) is 7.92 Å². The van der Waals surface area contributed by atoms with Crippen LogP contribution >= 0.6 is 17.1 Å². The summed E-state index contributed by atoms with van der Waals surface area (Å²) in [6.45, 7) is 0. The van der Waals surface area contributed by atoms with E-state index >= 15 is 0 Å². The van der Waals surface area contributed by atoms with Gasteiger partial charge in [-0.1, -0.05) is 88.9 Å². The molecule has 2 aliphatic rings. The molecule has 2 fully saturated rings. The van der Waals surface area contributed by atoms with Crippen molar-refractivity contribution < 1.29 is 20.0 Å². The average Bonchev–Trinajstić information content (AvgIpc) is 2.82. The summed E-state index contributed by atoms with van der Waals surface area (Å²) >= 11 is 1.75. The molecule has 2 saturated carbocycles. The quantitative estimate of drug-likeness (QED) is 0.241. The van der Waals surface area contributed by atoms with Gasteiger partial charge in [-0.25, -0.2) is 0 Å². The average molecular weight is 626 g/mol. The topological polar surface area (TPSA) is 3.24 Å². The van der Waals surface area contributed by atoms with Crippen molar-refractivity contribution in [3.05, 3.63) is 48.5 Å². The van der Waals surface area contributed by atoms with E-state index in [0.717, 1.165) is 11.3 Å². The number of para-hydroxylation sites is 1. The van der Waals surface area contributed by atoms with Gasteiger partial charge in [0.05, 0.1) is 0 Å². The van der Waals surface area contributed by atoms with E-state index in [0.29, 0.717) is 0 Å². The van der Waals surface area contributed by atoms with Crippen LogP contribution in [0.25, 0.3) is 11.1 Å². The van der Waals surface area contributed by atoms with Crippen LogP contribution in [0, 0.1) is 0 Å². The summed E-state index contributed by atoms with van der Waals surface area (Å²) in [6.07, 6.45) is 14.6. The standard InChI is InChI=1S/C26H36NP.Au.ClH/c1-27(2)25-19-11-9-17-23(25)24-18-10-12-20-26(24)28(21-13-5-3-6-14-21)22-15-7-4-8-16-22;;/h9-12,17-22H,3-8,13-16H2,1-2H3;;1H/q;+1;/p-1. The summed E-state index contributed by atoms with van der Waals surface area (Å²) in [5.41, 5.74) is 6.16. The predicted molar refractivity (Wildman–Crippen MR) is 132 cm³/mol. The summed E-state index contributed by atoms with van der Waals surface area (Å²) in [6, 6.07) is 18.4. The Morgan fingerprint density at radius 2 is 1.17 bits per heavy atom. The van der Waals surface area contributed by atoms with Crippen LogP contribution in [0.3, 0.4) is 0 Å². The van der Waals surface area contributed by atoms with Crippen molar-refractivity contribution in [3.63, 3.8) is 0 Å². The van der Waals surface area contributed by atoms with Crippen LogP contribution in [0.4, 0.5) is 5.69 Å². The Labute approximate surface area is 201 Å². The van der Waals surface area contributed by atoms with Crippen molar-refractivity contribution in [1.82, 2.24) is 0 Å². The molecule has 0 amide bonds. The molecule has 0 N–H and O–H groups in total. The van der Waals surface area contributed by atoms with Crippen LogP contribution in [0.2, 0.25) is 0 Å². The molecule has 0 unspecified atom stereocenters. The zero-order chi connectivity index (χ0) is 21.3. The molecule has 0 heterocycles. The summed E-state index contributed by atoms with van der Waals surface area (Å²) < 4.78 is 0. The summed E-state index contributed by atoms with van der Waals surface area (Å²) in [5, 5.41) is 1.70. The van der Waals surface area contributed by atoms with Crippen LogP contribution < -0.4 is 10.2 Å². The zero-order valence-corrected chi connectivity index (χ0v) is 22.2. The molecular formula is C26H36AuClNP. The van der Waals surface area contributed by atoms with Crippen molar-refractivity contribution in [2.75, 3.05) is 19.0 Å². The molecule has 0 aromatic heterocycles. The Hall–Kier alpha value is -0.300. The maximum atomic E-state index is 4.58. The van der Waals surface area contributed by atoms with E-state index in [4.69, 9.17) is 0 Å². The second-order valence-electron chi connectivity index (χ2n) is 8.92. The van der Waals surface area contributed by atoms with Gasteiger partial charge in [-0.3, -0.25) is 0 Å². The Balaban J connectivity index is 0.00000124. The first-order valence-electron chi connectivity index (χ1n) is 11.5. The van der Waals surface area contributed by atoms with Gasteiger partial charge in [0.25, 0.3) is 0 Å². The van der Waals surface area contributed by atoms with Crippen LogP contribution in [-0.4, -0.2) is 25.4 Å². The van der Waals surface area contributed by atoms with Crippen LogP contribution in [0.5, 0.6) is 0 Å². The number of hydrogen-bond donors (Lipinski definition) is 0. The SMILES string of the molecule is CN(C)c1ccccc1-c1ccccc1P(C1CCCCC1)C1CCCCC1.[Cl][Au]. The fourth-order valence-electron chi connectivity index (χ4n) is 5.43. The molecule has 0 aliphatic heterocycles. The molecule has 2 aromatic carbocycles. The molecule has 0 bridgehead atoms. The van der Waals surface area contributed by atoms with Gasteiger partial charge in [-0.05, 0) is 53.9 Å². The number of anilines is 1.